The first-order valence-electron chi connectivity index (χ1n) is 15.9. The number of ether oxygens (including phenoxy) is 4. The highest BCUT2D eigenvalue weighted by Crippen LogP contribution is 2.45. The molecule has 0 spiro atoms. The Kier molecular flexibility index (Phi) is 11.1. The van der Waals surface area contributed by atoms with Crippen LogP contribution in [0.3, 0.4) is 0 Å². The first-order chi connectivity index (χ1) is 24.7. The van der Waals surface area contributed by atoms with E-state index in [-0.39, 0.29) is 17.7 Å². The lowest BCUT2D eigenvalue weighted by molar-refractivity contribution is -0.0881. The standard InChI is InChI=1S/C36H32F2N6O6S/c1-24(33-42-32(19-51-33)27-6-2-25(17-39)3-7-27)36(20-44-22-40-21-41-44,30-11-10-29(37)16-31(30)38)50-35(46)49-23-48-34(45)28-8-4-26(5-9-28)18-43-12-14-47-15-13-43/h2-11,16,19,21-22,24H,12-15,18,20,23H2,1H3/t24-,36?/m0/s1. The van der Waals surface area contributed by atoms with Crippen LogP contribution in [-0.4, -0.2) is 69.9 Å². The van der Waals surface area contributed by atoms with E-state index in [1.165, 1.54) is 34.7 Å². The van der Waals surface area contributed by atoms with Crippen LogP contribution in [0.15, 0.2) is 84.8 Å². The van der Waals surface area contributed by atoms with Gasteiger partial charge >= 0.3 is 12.1 Å². The van der Waals surface area contributed by atoms with E-state index < -0.39 is 42.1 Å². The van der Waals surface area contributed by atoms with Crippen molar-refractivity contribution in [2.75, 3.05) is 33.1 Å². The molecule has 3 heterocycles. The van der Waals surface area contributed by atoms with E-state index in [0.29, 0.717) is 35.5 Å². The molecule has 12 nitrogen and oxygen atoms in total. The predicted molar refractivity (Wildman–Crippen MR) is 179 cm³/mol. The Morgan fingerprint density at radius 3 is 2.51 bits per heavy atom. The Labute approximate surface area is 295 Å². The van der Waals surface area contributed by atoms with Crippen LogP contribution in [0.2, 0.25) is 0 Å². The van der Waals surface area contributed by atoms with Crippen LogP contribution in [0.4, 0.5) is 13.6 Å². The number of hydrogen-bond acceptors (Lipinski definition) is 12. The maximum absolute atomic E-state index is 15.7. The van der Waals surface area contributed by atoms with Crippen LogP contribution in [0.5, 0.6) is 0 Å². The zero-order chi connectivity index (χ0) is 35.8. The molecule has 0 aliphatic carbocycles. The van der Waals surface area contributed by atoms with Crippen molar-refractivity contribution < 1.29 is 37.3 Å². The summed E-state index contributed by atoms with van der Waals surface area (Å²) in [6.07, 6.45) is 1.33. The average Bonchev–Trinajstić information content (AvgIpc) is 3.85. The summed E-state index contributed by atoms with van der Waals surface area (Å²) < 4.78 is 53.0. The normalized spacial score (nSPS) is 14.9. The fraction of sp³-hybridized carbons (Fsp3) is 0.278. The van der Waals surface area contributed by atoms with Gasteiger partial charge in [0.05, 0.1) is 48.6 Å². The van der Waals surface area contributed by atoms with Crippen LogP contribution in [0.1, 0.15) is 44.9 Å². The Hall–Kier alpha value is -5.56. The summed E-state index contributed by atoms with van der Waals surface area (Å²) in [5, 5.41) is 15.5. The van der Waals surface area contributed by atoms with Gasteiger partial charge in [-0.25, -0.2) is 33.0 Å². The second kappa shape index (κ2) is 16.0. The summed E-state index contributed by atoms with van der Waals surface area (Å²) >= 11 is 1.23. The molecule has 2 atom stereocenters. The number of hydrogen-bond donors (Lipinski definition) is 0. The van der Waals surface area contributed by atoms with Crippen molar-refractivity contribution in [3.05, 3.63) is 124 Å². The number of nitriles is 1. The Morgan fingerprint density at radius 2 is 1.82 bits per heavy atom. The number of halogens is 2. The monoisotopic (exact) mass is 714 g/mol. The van der Waals surface area contributed by atoms with Gasteiger partial charge in [0, 0.05) is 42.2 Å². The summed E-state index contributed by atoms with van der Waals surface area (Å²) in [7, 11) is 0. The molecule has 1 aliphatic rings. The number of esters is 1. The Morgan fingerprint density at radius 1 is 1.06 bits per heavy atom. The molecule has 51 heavy (non-hydrogen) atoms. The maximum atomic E-state index is 15.7. The number of morpholine rings is 1. The largest absolute Gasteiger partial charge is 0.512 e. The summed E-state index contributed by atoms with van der Waals surface area (Å²) in [5.41, 5.74) is 0.967. The van der Waals surface area contributed by atoms with Crippen LogP contribution in [0.25, 0.3) is 11.3 Å². The van der Waals surface area contributed by atoms with Gasteiger partial charge in [-0.2, -0.15) is 10.4 Å². The molecule has 2 aromatic heterocycles. The highest BCUT2D eigenvalue weighted by atomic mass is 32.1. The van der Waals surface area contributed by atoms with Gasteiger partial charge in [-0.1, -0.05) is 31.2 Å². The van der Waals surface area contributed by atoms with Crippen molar-refractivity contribution in [2.24, 2.45) is 0 Å². The van der Waals surface area contributed by atoms with Crippen LogP contribution in [-0.2, 0) is 37.6 Å². The van der Waals surface area contributed by atoms with Gasteiger partial charge in [-0.3, -0.25) is 4.90 Å². The minimum atomic E-state index is -1.91. The third kappa shape index (κ3) is 8.43. The molecule has 6 rings (SSSR count). The highest BCUT2D eigenvalue weighted by molar-refractivity contribution is 7.10. The van der Waals surface area contributed by atoms with E-state index in [2.05, 4.69) is 21.1 Å². The quantitative estimate of drug-likeness (QED) is 0.110. The lowest BCUT2D eigenvalue weighted by atomic mass is 9.81. The van der Waals surface area contributed by atoms with E-state index >= 15 is 4.39 Å². The third-order valence-corrected chi connectivity index (χ3v) is 9.51. The minimum Gasteiger partial charge on any atom is -0.424 e. The smallest absolute Gasteiger partial charge is 0.424 e. The van der Waals surface area contributed by atoms with E-state index in [1.54, 1.807) is 48.7 Å². The van der Waals surface area contributed by atoms with Crippen molar-refractivity contribution in [1.82, 2.24) is 24.6 Å². The second-order valence-electron chi connectivity index (χ2n) is 11.7. The number of carbonyl (C=O) groups excluding carboxylic acids is 2. The molecule has 0 radical (unpaired) electrons. The molecule has 5 aromatic rings. The van der Waals surface area contributed by atoms with E-state index in [0.717, 1.165) is 36.8 Å². The zero-order valence-corrected chi connectivity index (χ0v) is 28.2. The number of thiazole rings is 1. The van der Waals surface area contributed by atoms with Gasteiger partial charge in [0.2, 0.25) is 6.79 Å². The van der Waals surface area contributed by atoms with Crippen LogP contribution >= 0.6 is 11.3 Å². The fourth-order valence-electron chi connectivity index (χ4n) is 5.71. The van der Waals surface area contributed by atoms with E-state index in [9.17, 15) is 19.2 Å². The highest BCUT2D eigenvalue weighted by Gasteiger charge is 2.47. The number of nitrogens with zero attached hydrogens (tertiary/aromatic N) is 6. The van der Waals surface area contributed by atoms with Crippen molar-refractivity contribution >= 4 is 23.5 Å². The maximum Gasteiger partial charge on any atom is 0.512 e. The number of benzene rings is 3. The molecule has 15 heteroatoms. The Bertz CT molecular complexity index is 2000. The molecule has 1 unspecified atom stereocenters. The van der Waals surface area contributed by atoms with Gasteiger partial charge in [-0.15, -0.1) is 11.3 Å². The van der Waals surface area contributed by atoms with Crippen molar-refractivity contribution in [1.29, 1.82) is 5.26 Å². The molecule has 0 N–H and O–H groups in total. The molecule has 1 saturated heterocycles. The van der Waals surface area contributed by atoms with Crippen LogP contribution in [0, 0.1) is 23.0 Å². The molecule has 1 fully saturated rings. The molecule has 1 aliphatic heterocycles. The molecular weight excluding hydrogens is 682 g/mol. The average molecular weight is 715 g/mol. The lowest BCUT2D eigenvalue weighted by Gasteiger charge is -2.37. The summed E-state index contributed by atoms with van der Waals surface area (Å²) in [4.78, 5) is 37.1. The first kappa shape index (κ1) is 35.3. The summed E-state index contributed by atoms with van der Waals surface area (Å²) in [6.45, 7) is 4.34. The van der Waals surface area contributed by atoms with Gasteiger partial charge in [0.1, 0.15) is 29.3 Å². The molecule has 0 bridgehead atoms. The number of carbonyl (C=O) groups is 2. The first-order valence-corrected chi connectivity index (χ1v) is 16.8. The van der Waals surface area contributed by atoms with Crippen molar-refractivity contribution in [3.8, 4) is 17.3 Å². The third-order valence-electron chi connectivity index (χ3n) is 8.48. The molecule has 0 amide bonds. The number of aromatic nitrogens is 4. The van der Waals surface area contributed by atoms with E-state index in [1.807, 2.05) is 12.1 Å². The van der Waals surface area contributed by atoms with Gasteiger partial charge in [0.15, 0.2) is 5.60 Å². The fourth-order valence-corrected chi connectivity index (χ4v) is 6.68. The van der Waals surface area contributed by atoms with Gasteiger partial charge in [-0.05, 0) is 42.0 Å². The molecule has 3 aromatic carbocycles. The lowest BCUT2D eigenvalue weighted by Crippen LogP contribution is -2.43. The predicted octanol–water partition coefficient (Wildman–Crippen LogP) is 6.05. The SMILES string of the molecule is C[C@@H](c1nc(-c2ccc(C#N)cc2)cs1)C(Cn1cncn1)(OC(=O)OCOC(=O)c1ccc(CN2CCOCC2)cc1)c1ccc(F)cc1F. The van der Waals surface area contributed by atoms with E-state index in [4.69, 9.17) is 23.9 Å². The minimum absolute atomic E-state index is 0.173. The van der Waals surface area contributed by atoms with Crippen molar-refractivity contribution in [3.63, 3.8) is 0 Å². The van der Waals surface area contributed by atoms with Gasteiger partial charge < -0.3 is 18.9 Å². The Balaban J connectivity index is 1.21. The molecular formula is C36H32F2N6O6S. The molecule has 262 valence electrons. The topological polar surface area (TPSA) is 142 Å². The summed E-state index contributed by atoms with van der Waals surface area (Å²) in [6, 6.07) is 18.7. The summed E-state index contributed by atoms with van der Waals surface area (Å²) in [5.74, 6) is -3.42. The second-order valence-corrected chi connectivity index (χ2v) is 12.6. The van der Waals surface area contributed by atoms with Crippen LogP contribution < -0.4 is 0 Å². The zero-order valence-electron chi connectivity index (χ0n) is 27.4. The molecule has 0 saturated carbocycles. The number of rotatable bonds is 12. The van der Waals surface area contributed by atoms with Gasteiger partial charge in [0.25, 0.3) is 0 Å². The van der Waals surface area contributed by atoms with Crippen molar-refractivity contribution in [2.45, 2.75) is 31.5 Å².